The van der Waals surface area contributed by atoms with E-state index in [0.717, 1.165) is 0 Å². The molecule has 0 aromatic carbocycles. The van der Waals surface area contributed by atoms with Crippen molar-refractivity contribution >= 4 is 17.4 Å². The minimum Gasteiger partial charge on any atom is -0.409 e. The molecule has 0 saturated heterocycles. The minimum absolute atomic E-state index is 0.0685. The first-order valence-electron chi connectivity index (χ1n) is 3.79. The summed E-state index contributed by atoms with van der Waals surface area (Å²) in [5, 5.41) is 15.8. The van der Waals surface area contributed by atoms with Gasteiger partial charge in [0.25, 0.3) is 0 Å². The number of nitrogens with zero attached hydrogens (tertiary/aromatic N) is 3. The predicted octanol–water partition coefficient (Wildman–Crippen LogP) is 0.919. The van der Waals surface area contributed by atoms with Crippen molar-refractivity contribution in [3.63, 3.8) is 0 Å². The van der Waals surface area contributed by atoms with Gasteiger partial charge in [-0.15, -0.1) is 0 Å². The maximum atomic E-state index is 8.40. The van der Waals surface area contributed by atoms with Gasteiger partial charge in [0, 0.05) is 12.1 Å². The molecule has 0 aliphatic carbocycles. The summed E-state index contributed by atoms with van der Waals surface area (Å²) in [6.45, 7) is 2.38. The molecule has 1 rings (SSSR count). The molecule has 1 aromatic heterocycles. The smallest absolute Gasteiger partial charge is 0.143 e. The number of halogens is 1. The number of rotatable bonds is 3. The molecule has 1 heterocycles. The van der Waals surface area contributed by atoms with Gasteiger partial charge in [0.1, 0.15) is 5.84 Å². The van der Waals surface area contributed by atoms with Crippen molar-refractivity contribution < 1.29 is 5.21 Å². The van der Waals surface area contributed by atoms with Crippen LogP contribution in [0.3, 0.4) is 0 Å². The highest BCUT2D eigenvalue weighted by Crippen LogP contribution is 2.07. The summed E-state index contributed by atoms with van der Waals surface area (Å²) >= 11 is 5.66. The van der Waals surface area contributed by atoms with Crippen LogP contribution >= 0.6 is 11.6 Å². The average molecular weight is 203 g/mol. The van der Waals surface area contributed by atoms with Crippen LogP contribution in [-0.2, 0) is 6.54 Å². The van der Waals surface area contributed by atoms with Crippen molar-refractivity contribution in [3.8, 4) is 0 Å². The van der Waals surface area contributed by atoms with Crippen molar-refractivity contribution in [2.24, 2.45) is 16.8 Å². The highest BCUT2D eigenvalue weighted by Gasteiger charge is 2.08. The topological polar surface area (TPSA) is 76.4 Å². The molecule has 0 aliphatic rings. The van der Waals surface area contributed by atoms with E-state index in [9.17, 15) is 0 Å². The molecule has 72 valence electrons. The molecule has 0 amide bonds. The van der Waals surface area contributed by atoms with Crippen LogP contribution in [0.5, 0.6) is 0 Å². The summed E-state index contributed by atoms with van der Waals surface area (Å²) in [6, 6.07) is 0. The van der Waals surface area contributed by atoms with Crippen molar-refractivity contribution in [3.05, 3.63) is 17.4 Å². The summed E-state index contributed by atoms with van der Waals surface area (Å²) in [5.41, 5.74) is 5.40. The lowest BCUT2D eigenvalue weighted by Gasteiger charge is -2.08. The van der Waals surface area contributed by atoms with Crippen LogP contribution in [0.25, 0.3) is 0 Å². The third kappa shape index (κ3) is 2.62. The SMILES string of the molecule is C[C@H](Cn1cc(Cl)cn1)/C(N)=N\O. The molecule has 1 aromatic rings. The highest BCUT2D eigenvalue weighted by molar-refractivity contribution is 6.30. The van der Waals surface area contributed by atoms with Crippen LogP contribution in [0.4, 0.5) is 0 Å². The van der Waals surface area contributed by atoms with Crippen LogP contribution in [0, 0.1) is 5.92 Å². The Morgan fingerprint density at radius 2 is 2.62 bits per heavy atom. The Morgan fingerprint density at radius 3 is 3.08 bits per heavy atom. The molecule has 0 aliphatic heterocycles. The quantitative estimate of drug-likeness (QED) is 0.331. The van der Waals surface area contributed by atoms with Crippen molar-refractivity contribution in [2.45, 2.75) is 13.5 Å². The number of oxime groups is 1. The molecule has 0 radical (unpaired) electrons. The van der Waals surface area contributed by atoms with Crippen molar-refractivity contribution in [1.29, 1.82) is 0 Å². The van der Waals surface area contributed by atoms with Gasteiger partial charge >= 0.3 is 0 Å². The Labute approximate surface area is 80.8 Å². The van der Waals surface area contributed by atoms with Crippen LogP contribution in [0.15, 0.2) is 17.5 Å². The van der Waals surface area contributed by atoms with E-state index in [1.807, 2.05) is 6.92 Å². The molecule has 0 bridgehead atoms. The third-order valence-corrected chi connectivity index (χ3v) is 1.88. The Kier molecular flexibility index (Phi) is 3.13. The number of hydrogen-bond donors (Lipinski definition) is 2. The highest BCUT2D eigenvalue weighted by atomic mass is 35.5. The van der Waals surface area contributed by atoms with Gasteiger partial charge in [-0.05, 0) is 0 Å². The standard InChI is InChI=1S/C7H11ClN4O/c1-5(7(9)11-13)3-12-4-6(8)2-10-12/h2,4-5,13H,3H2,1H3,(H2,9,11)/t5-/m1/s1. The van der Waals surface area contributed by atoms with Gasteiger partial charge < -0.3 is 10.9 Å². The zero-order valence-electron chi connectivity index (χ0n) is 7.18. The third-order valence-electron chi connectivity index (χ3n) is 1.68. The zero-order chi connectivity index (χ0) is 9.84. The molecule has 6 heteroatoms. The van der Waals surface area contributed by atoms with E-state index in [1.54, 1.807) is 17.1 Å². The van der Waals surface area contributed by atoms with E-state index in [2.05, 4.69) is 10.3 Å². The summed E-state index contributed by atoms with van der Waals surface area (Å²) in [6.07, 6.45) is 3.23. The molecule has 0 saturated carbocycles. The zero-order valence-corrected chi connectivity index (χ0v) is 7.94. The van der Waals surface area contributed by atoms with E-state index >= 15 is 0 Å². The lowest BCUT2D eigenvalue weighted by molar-refractivity contribution is 0.313. The molecular formula is C7H11ClN4O. The second-order valence-electron chi connectivity index (χ2n) is 2.81. The van der Waals surface area contributed by atoms with Crippen LogP contribution in [-0.4, -0.2) is 20.8 Å². The first kappa shape index (κ1) is 9.85. The van der Waals surface area contributed by atoms with Gasteiger partial charge in [-0.2, -0.15) is 5.10 Å². The van der Waals surface area contributed by atoms with E-state index in [1.165, 1.54) is 0 Å². The molecule has 5 nitrogen and oxygen atoms in total. The van der Waals surface area contributed by atoms with Crippen molar-refractivity contribution in [1.82, 2.24) is 9.78 Å². The van der Waals surface area contributed by atoms with Gasteiger partial charge in [-0.25, -0.2) is 0 Å². The minimum atomic E-state index is -0.0685. The first-order chi connectivity index (χ1) is 6.13. The molecule has 1 atom stereocenters. The number of amidine groups is 1. The van der Waals surface area contributed by atoms with Crippen LogP contribution in [0.1, 0.15) is 6.92 Å². The fraction of sp³-hybridized carbons (Fsp3) is 0.429. The van der Waals surface area contributed by atoms with Crippen LogP contribution < -0.4 is 5.73 Å². The van der Waals surface area contributed by atoms with Gasteiger partial charge in [-0.3, -0.25) is 4.68 Å². The Balaban J connectivity index is 2.59. The molecule has 13 heavy (non-hydrogen) atoms. The second kappa shape index (κ2) is 4.13. The Bertz CT molecular complexity index is 309. The predicted molar refractivity (Wildman–Crippen MR) is 49.8 cm³/mol. The molecule has 0 fully saturated rings. The maximum Gasteiger partial charge on any atom is 0.143 e. The molecular weight excluding hydrogens is 192 g/mol. The van der Waals surface area contributed by atoms with Gasteiger partial charge in [-0.1, -0.05) is 23.7 Å². The van der Waals surface area contributed by atoms with E-state index < -0.39 is 0 Å². The summed E-state index contributed by atoms with van der Waals surface area (Å²) in [5.74, 6) is 0.118. The second-order valence-corrected chi connectivity index (χ2v) is 3.24. The van der Waals surface area contributed by atoms with Gasteiger partial charge in [0.15, 0.2) is 0 Å². The number of hydrogen-bond acceptors (Lipinski definition) is 3. The van der Waals surface area contributed by atoms with Crippen molar-refractivity contribution in [2.75, 3.05) is 0 Å². The first-order valence-corrected chi connectivity index (χ1v) is 4.16. The molecule has 0 spiro atoms. The monoisotopic (exact) mass is 202 g/mol. The summed E-state index contributed by atoms with van der Waals surface area (Å²) < 4.78 is 1.64. The maximum absolute atomic E-state index is 8.40. The molecule has 3 N–H and O–H groups in total. The number of nitrogens with two attached hydrogens (primary N) is 1. The fourth-order valence-corrected chi connectivity index (χ4v) is 1.07. The fourth-order valence-electron chi connectivity index (χ4n) is 0.911. The lowest BCUT2D eigenvalue weighted by Crippen LogP contribution is -2.25. The van der Waals surface area contributed by atoms with Crippen LogP contribution in [0.2, 0.25) is 5.02 Å². The normalized spacial score (nSPS) is 14.5. The van der Waals surface area contributed by atoms with E-state index in [4.69, 9.17) is 22.5 Å². The Morgan fingerprint density at radius 1 is 1.92 bits per heavy atom. The van der Waals surface area contributed by atoms with Gasteiger partial charge in [0.2, 0.25) is 0 Å². The summed E-state index contributed by atoms with van der Waals surface area (Å²) in [4.78, 5) is 0. The average Bonchev–Trinajstić information content (AvgIpc) is 2.49. The summed E-state index contributed by atoms with van der Waals surface area (Å²) in [7, 11) is 0. The van der Waals surface area contributed by atoms with E-state index in [-0.39, 0.29) is 11.8 Å². The largest absolute Gasteiger partial charge is 0.409 e. The number of aromatic nitrogens is 2. The Hall–Kier alpha value is -1.23. The molecule has 0 unspecified atom stereocenters. The van der Waals surface area contributed by atoms with E-state index in [0.29, 0.717) is 11.6 Å². The van der Waals surface area contributed by atoms with Gasteiger partial charge in [0.05, 0.1) is 17.8 Å². The lowest BCUT2D eigenvalue weighted by atomic mass is 10.1.